The molecule has 28 heavy (non-hydrogen) atoms. The van der Waals surface area contributed by atoms with Gasteiger partial charge in [-0.3, -0.25) is 4.79 Å². The number of rotatable bonds is 6. The zero-order valence-electron chi connectivity index (χ0n) is 16.6. The monoisotopic (exact) mass is 374 g/mol. The van der Waals surface area contributed by atoms with Crippen molar-refractivity contribution in [3.63, 3.8) is 0 Å². The minimum absolute atomic E-state index is 0.0391. The first-order valence-corrected chi connectivity index (χ1v) is 9.70. The summed E-state index contributed by atoms with van der Waals surface area (Å²) in [5.41, 5.74) is 3.85. The summed E-state index contributed by atoms with van der Waals surface area (Å²) in [4.78, 5) is 20.7. The van der Waals surface area contributed by atoms with Crippen molar-refractivity contribution >= 4 is 33.4 Å². The van der Waals surface area contributed by atoms with Crippen LogP contribution in [0.3, 0.4) is 0 Å². The number of nitrogens with one attached hydrogen (secondary N) is 1. The number of fused-ring (bicyclic) bond motifs is 2. The summed E-state index contributed by atoms with van der Waals surface area (Å²) in [6.45, 7) is 4.41. The van der Waals surface area contributed by atoms with E-state index in [0.29, 0.717) is 6.54 Å². The molecule has 0 radical (unpaired) electrons. The maximum atomic E-state index is 13.5. The van der Waals surface area contributed by atoms with Gasteiger partial charge < -0.3 is 19.4 Å². The van der Waals surface area contributed by atoms with Crippen LogP contribution in [0, 0.1) is 0 Å². The predicted molar refractivity (Wildman–Crippen MR) is 116 cm³/mol. The molecule has 2 aromatic carbocycles. The number of hydrogen-bond donors (Lipinski definition) is 1. The highest BCUT2D eigenvalue weighted by molar-refractivity contribution is 6.14. The molecule has 0 bridgehead atoms. The number of amides is 1. The number of aromatic nitrogens is 2. The quantitative estimate of drug-likeness (QED) is 0.545. The highest BCUT2D eigenvalue weighted by Gasteiger charge is 2.21. The Morgan fingerprint density at radius 2 is 1.93 bits per heavy atom. The minimum Gasteiger partial charge on any atom is -0.361 e. The van der Waals surface area contributed by atoms with Gasteiger partial charge in [0.15, 0.2) is 0 Å². The van der Waals surface area contributed by atoms with Crippen LogP contribution in [0.1, 0.15) is 17.3 Å². The lowest BCUT2D eigenvalue weighted by Gasteiger charge is -2.21. The summed E-state index contributed by atoms with van der Waals surface area (Å²) in [7, 11) is 4.13. The predicted octanol–water partition coefficient (Wildman–Crippen LogP) is 4.35. The van der Waals surface area contributed by atoms with Gasteiger partial charge in [0.2, 0.25) is 0 Å². The fourth-order valence-electron chi connectivity index (χ4n) is 3.71. The Morgan fingerprint density at radius 3 is 2.71 bits per heavy atom. The van der Waals surface area contributed by atoms with Crippen LogP contribution in [0.15, 0.2) is 60.9 Å². The van der Waals surface area contributed by atoms with E-state index in [1.807, 2.05) is 60.6 Å². The van der Waals surface area contributed by atoms with E-state index in [9.17, 15) is 4.79 Å². The molecule has 5 heteroatoms. The lowest BCUT2D eigenvalue weighted by Crippen LogP contribution is -2.30. The maximum Gasteiger partial charge on any atom is 0.260 e. The van der Waals surface area contributed by atoms with Crippen molar-refractivity contribution in [2.45, 2.75) is 13.5 Å². The molecule has 5 nitrogen and oxygen atoms in total. The van der Waals surface area contributed by atoms with E-state index < -0.39 is 0 Å². The first kappa shape index (κ1) is 18.3. The summed E-state index contributed by atoms with van der Waals surface area (Å²) < 4.78 is 2.19. The molecular weight excluding hydrogens is 348 g/mol. The Hall–Kier alpha value is -3.05. The Morgan fingerprint density at radius 1 is 1.11 bits per heavy atom. The molecule has 144 valence electrons. The molecule has 1 amide bonds. The van der Waals surface area contributed by atoms with Gasteiger partial charge in [-0.15, -0.1) is 0 Å². The summed E-state index contributed by atoms with van der Waals surface area (Å²) in [6, 6.07) is 16.3. The van der Waals surface area contributed by atoms with Gasteiger partial charge in [0.25, 0.3) is 5.91 Å². The molecule has 0 fully saturated rings. The molecule has 2 aromatic heterocycles. The maximum absolute atomic E-state index is 13.5. The normalized spacial score (nSPS) is 11.6. The molecule has 1 N–H and O–H groups in total. The van der Waals surface area contributed by atoms with Crippen LogP contribution in [0.25, 0.3) is 21.8 Å². The number of para-hydroxylation sites is 1. The fourth-order valence-corrected chi connectivity index (χ4v) is 3.71. The van der Waals surface area contributed by atoms with Gasteiger partial charge in [-0.25, -0.2) is 0 Å². The number of anilines is 1. The number of H-pyrrole nitrogens is 1. The minimum atomic E-state index is 0.0391. The van der Waals surface area contributed by atoms with Crippen LogP contribution < -0.4 is 4.90 Å². The van der Waals surface area contributed by atoms with E-state index in [1.54, 1.807) is 0 Å². The zero-order valence-corrected chi connectivity index (χ0v) is 16.6. The van der Waals surface area contributed by atoms with E-state index in [1.165, 1.54) is 0 Å². The van der Waals surface area contributed by atoms with Crippen molar-refractivity contribution in [1.29, 1.82) is 0 Å². The molecular formula is C23H26N4O. The summed E-state index contributed by atoms with van der Waals surface area (Å²) in [6.07, 6.45) is 3.93. The van der Waals surface area contributed by atoms with E-state index in [2.05, 4.69) is 40.7 Å². The Labute approximate surface area is 165 Å². The topological polar surface area (TPSA) is 44.3 Å². The lowest BCUT2D eigenvalue weighted by atomic mass is 10.1. The van der Waals surface area contributed by atoms with E-state index in [0.717, 1.165) is 46.1 Å². The number of carbonyl (C=O) groups is 1. The fraction of sp³-hybridized carbons (Fsp3) is 0.261. The smallest absolute Gasteiger partial charge is 0.260 e. The summed E-state index contributed by atoms with van der Waals surface area (Å²) in [5, 5.41) is 2.12. The van der Waals surface area contributed by atoms with Gasteiger partial charge in [0, 0.05) is 59.5 Å². The molecule has 0 unspecified atom stereocenters. The van der Waals surface area contributed by atoms with Crippen LogP contribution in [-0.2, 0) is 6.54 Å². The van der Waals surface area contributed by atoms with Crippen molar-refractivity contribution < 1.29 is 4.79 Å². The van der Waals surface area contributed by atoms with Crippen molar-refractivity contribution in [2.75, 3.05) is 32.1 Å². The van der Waals surface area contributed by atoms with E-state index >= 15 is 0 Å². The summed E-state index contributed by atoms with van der Waals surface area (Å²) >= 11 is 0. The van der Waals surface area contributed by atoms with Crippen molar-refractivity contribution in [3.8, 4) is 0 Å². The first-order valence-electron chi connectivity index (χ1n) is 9.70. The van der Waals surface area contributed by atoms with Gasteiger partial charge in [-0.05, 0) is 51.4 Å². The third kappa shape index (κ3) is 3.29. The SMILES string of the molecule is CCN(C(=O)c1cn(CCN(C)C)c2ccccc12)c1ccc2[nH]ccc2c1. The molecule has 0 aliphatic carbocycles. The third-order valence-corrected chi connectivity index (χ3v) is 5.22. The van der Waals surface area contributed by atoms with Crippen LogP contribution in [0.2, 0.25) is 0 Å². The van der Waals surface area contributed by atoms with Crippen LogP contribution in [0.5, 0.6) is 0 Å². The van der Waals surface area contributed by atoms with E-state index in [4.69, 9.17) is 0 Å². The van der Waals surface area contributed by atoms with Crippen LogP contribution in [0.4, 0.5) is 5.69 Å². The molecule has 4 aromatic rings. The molecule has 0 spiro atoms. The van der Waals surface area contributed by atoms with Gasteiger partial charge in [0.05, 0.1) is 5.56 Å². The number of nitrogens with zero attached hydrogens (tertiary/aromatic N) is 3. The number of carbonyl (C=O) groups excluding carboxylic acids is 1. The standard InChI is InChI=1S/C23H26N4O/c1-4-27(18-9-10-21-17(15-18)11-12-24-21)23(28)20-16-26(14-13-25(2)3)22-8-6-5-7-19(20)22/h5-12,15-16,24H,4,13-14H2,1-3H3. The number of aromatic amines is 1. The highest BCUT2D eigenvalue weighted by Crippen LogP contribution is 2.27. The molecule has 0 aliphatic heterocycles. The largest absolute Gasteiger partial charge is 0.361 e. The second kappa shape index (κ2) is 7.52. The summed E-state index contributed by atoms with van der Waals surface area (Å²) in [5.74, 6) is 0.0391. The zero-order chi connectivity index (χ0) is 19.7. The Kier molecular flexibility index (Phi) is 4.92. The third-order valence-electron chi connectivity index (χ3n) is 5.22. The van der Waals surface area contributed by atoms with Crippen LogP contribution in [-0.4, -0.2) is 47.5 Å². The molecule has 2 heterocycles. The second-order valence-electron chi connectivity index (χ2n) is 7.36. The average molecular weight is 374 g/mol. The molecule has 0 saturated heterocycles. The highest BCUT2D eigenvalue weighted by atomic mass is 16.2. The van der Waals surface area contributed by atoms with Gasteiger partial charge in [-0.2, -0.15) is 0 Å². The first-order chi connectivity index (χ1) is 13.6. The van der Waals surface area contributed by atoms with E-state index in [-0.39, 0.29) is 5.91 Å². The number of hydrogen-bond acceptors (Lipinski definition) is 2. The molecule has 4 rings (SSSR count). The molecule has 0 saturated carbocycles. The number of benzene rings is 2. The Balaban J connectivity index is 1.74. The van der Waals surface area contributed by atoms with Gasteiger partial charge >= 0.3 is 0 Å². The molecule has 0 atom stereocenters. The lowest BCUT2D eigenvalue weighted by molar-refractivity contribution is 0.0989. The van der Waals surface area contributed by atoms with Crippen molar-refractivity contribution in [3.05, 3.63) is 66.5 Å². The van der Waals surface area contributed by atoms with Gasteiger partial charge in [0.1, 0.15) is 0 Å². The second-order valence-corrected chi connectivity index (χ2v) is 7.36. The van der Waals surface area contributed by atoms with Crippen molar-refractivity contribution in [2.24, 2.45) is 0 Å². The van der Waals surface area contributed by atoms with Crippen LogP contribution >= 0.6 is 0 Å². The Bertz CT molecular complexity index is 1120. The van der Waals surface area contributed by atoms with Gasteiger partial charge in [-0.1, -0.05) is 18.2 Å². The van der Waals surface area contributed by atoms with Crippen molar-refractivity contribution in [1.82, 2.24) is 14.5 Å². The molecule has 0 aliphatic rings. The number of likely N-dealkylation sites (N-methyl/N-ethyl adjacent to an activating group) is 1. The average Bonchev–Trinajstić information content (AvgIpc) is 3.31.